The summed E-state index contributed by atoms with van der Waals surface area (Å²) in [6, 6.07) is 8.78. The summed E-state index contributed by atoms with van der Waals surface area (Å²) >= 11 is 7.56. The number of benzene rings is 2. The molecule has 4 rings (SSSR count). The first-order valence-corrected chi connectivity index (χ1v) is 12.6. The fourth-order valence-corrected chi connectivity index (χ4v) is 5.48. The first kappa shape index (κ1) is 25.0. The van der Waals surface area contributed by atoms with Gasteiger partial charge in [0.2, 0.25) is 0 Å². The molecule has 0 saturated carbocycles. The van der Waals surface area contributed by atoms with Gasteiger partial charge in [0.25, 0.3) is 11.2 Å². The largest absolute Gasteiger partial charge is 0.506 e. The summed E-state index contributed by atoms with van der Waals surface area (Å²) in [6.07, 6.45) is 1.37. The molecular weight excluding hydrogens is 606 g/mol. The Labute approximate surface area is 219 Å². The third-order valence-electron chi connectivity index (χ3n) is 5.28. The minimum atomic E-state index is -0.786. The van der Waals surface area contributed by atoms with Crippen LogP contribution in [0.25, 0.3) is 6.08 Å². The van der Waals surface area contributed by atoms with E-state index in [4.69, 9.17) is 4.74 Å². The van der Waals surface area contributed by atoms with Gasteiger partial charge in [0.05, 0.1) is 37.8 Å². The number of aromatic hydroxyl groups is 1. The summed E-state index contributed by atoms with van der Waals surface area (Å²) in [5.74, 6) is -0.814. The zero-order valence-electron chi connectivity index (χ0n) is 18.3. The molecular formula is C23H17Br2N3O6S. The first-order chi connectivity index (χ1) is 16.6. The van der Waals surface area contributed by atoms with Crippen molar-refractivity contribution in [2.45, 2.75) is 19.9 Å². The van der Waals surface area contributed by atoms with Gasteiger partial charge in [-0.05, 0) is 53.5 Å². The molecule has 0 unspecified atom stereocenters. The molecule has 2 heterocycles. The summed E-state index contributed by atoms with van der Waals surface area (Å²) in [5, 5.41) is 21.7. The van der Waals surface area contributed by atoms with Gasteiger partial charge in [-0.15, -0.1) is 0 Å². The van der Waals surface area contributed by atoms with Crippen molar-refractivity contribution >= 4 is 60.9 Å². The summed E-state index contributed by atoms with van der Waals surface area (Å²) in [4.78, 5) is 42.0. The van der Waals surface area contributed by atoms with E-state index >= 15 is 0 Å². The van der Waals surface area contributed by atoms with Gasteiger partial charge in [0.1, 0.15) is 5.75 Å². The smallest absolute Gasteiger partial charge is 0.338 e. The Morgan fingerprint density at radius 2 is 2.00 bits per heavy atom. The Kier molecular flexibility index (Phi) is 7.06. The Morgan fingerprint density at radius 1 is 1.31 bits per heavy atom. The number of fused-ring (bicyclic) bond motifs is 1. The normalized spacial score (nSPS) is 15.5. The van der Waals surface area contributed by atoms with E-state index < -0.39 is 22.5 Å². The molecule has 0 bridgehead atoms. The van der Waals surface area contributed by atoms with Crippen molar-refractivity contribution in [2.24, 2.45) is 4.99 Å². The van der Waals surface area contributed by atoms with Crippen LogP contribution in [-0.2, 0) is 9.53 Å². The SMILES string of the molecule is CCOC(=O)C1=C(C)N=c2s/c(=C\c3cc([N+](=O)[O-])cc(Br)c3O)c(=O)n2[C@@H]1c1ccc(Br)cc1. The zero-order chi connectivity index (χ0) is 25.4. The number of thiazole rings is 1. The van der Waals surface area contributed by atoms with E-state index in [9.17, 15) is 24.8 Å². The van der Waals surface area contributed by atoms with Gasteiger partial charge in [-0.3, -0.25) is 19.5 Å². The van der Waals surface area contributed by atoms with Crippen molar-refractivity contribution < 1.29 is 19.6 Å². The number of hydrogen-bond donors (Lipinski definition) is 1. The summed E-state index contributed by atoms with van der Waals surface area (Å²) in [6.45, 7) is 3.54. The van der Waals surface area contributed by atoms with E-state index in [1.54, 1.807) is 26.0 Å². The van der Waals surface area contributed by atoms with E-state index in [0.717, 1.165) is 15.8 Å². The van der Waals surface area contributed by atoms with E-state index in [2.05, 4.69) is 36.9 Å². The maximum Gasteiger partial charge on any atom is 0.338 e. The van der Waals surface area contributed by atoms with Crippen molar-refractivity contribution in [3.63, 3.8) is 0 Å². The fourth-order valence-electron chi connectivity index (χ4n) is 3.71. The molecule has 0 fully saturated rings. The molecule has 12 heteroatoms. The van der Waals surface area contributed by atoms with Crippen LogP contribution in [0.1, 0.15) is 31.0 Å². The lowest BCUT2D eigenvalue weighted by molar-refractivity contribution is -0.385. The van der Waals surface area contributed by atoms with Crippen molar-refractivity contribution in [3.05, 3.63) is 97.5 Å². The predicted octanol–water partition coefficient (Wildman–Crippen LogP) is 3.94. The maximum absolute atomic E-state index is 13.6. The number of nitro groups is 1. The Hall–Kier alpha value is -3.09. The lowest BCUT2D eigenvalue weighted by Gasteiger charge is -2.24. The fraction of sp³-hybridized carbons (Fsp3) is 0.174. The van der Waals surface area contributed by atoms with Crippen LogP contribution in [-0.4, -0.2) is 27.2 Å². The molecule has 1 atom stereocenters. The molecule has 0 radical (unpaired) electrons. The molecule has 2 aromatic carbocycles. The van der Waals surface area contributed by atoms with Crippen molar-refractivity contribution in [2.75, 3.05) is 6.61 Å². The van der Waals surface area contributed by atoms with E-state index in [1.807, 2.05) is 12.1 Å². The van der Waals surface area contributed by atoms with Crippen LogP contribution >= 0.6 is 43.2 Å². The van der Waals surface area contributed by atoms with Crippen LogP contribution in [0.3, 0.4) is 0 Å². The van der Waals surface area contributed by atoms with E-state index in [0.29, 0.717) is 16.1 Å². The summed E-state index contributed by atoms with van der Waals surface area (Å²) in [7, 11) is 0. The highest BCUT2D eigenvalue weighted by molar-refractivity contribution is 9.10. The van der Waals surface area contributed by atoms with Crippen LogP contribution in [0.15, 0.2) is 66.4 Å². The monoisotopic (exact) mass is 621 g/mol. The number of carbonyl (C=O) groups is 1. The number of aromatic nitrogens is 1. The van der Waals surface area contributed by atoms with Gasteiger partial charge in [0, 0.05) is 22.2 Å². The van der Waals surface area contributed by atoms with Gasteiger partial charge < -0.3 is 9.84 Å². The zero-order valence-corrected chi connectivity index (χ0v) is 22.3. The molecule has 180 valence electrons. The second kappa shape index (κ2) is 9.88. The van der Waals surface area contributed by atoms with Gasteiger partial charge in [-0.2, -0.15) is 0 Å². The number of hydrogen-bond acceptors (Lipinski definition) is 8. The molecule has 1 aromatic heterocycles. The lowest BCUT2D eigenvalue weighted by Crippen LogP contribution is -2.39. The van der Waals surface area contributed by atoms with Crippen LogP contribution in [0.5, 0.6) is 5.75 Å². The number of phenolic OH excluding ortho intramolecular Hbond substituents is 1. The number of halogens is 2. The molecule has 1 N–H and O–H groups in total. The van der Waals surface area contributed by atoms with Gasteiger partial charge in [-0.1, -0.05) is 39.4 Å². The number of ether oxygens (including phenoxy) is 1. The predicted molar refractivity (Wildman–Crippen MR) is 137 cm³/mol. The Morgan fingerprint density at radius 3 is 2.63 bits per heavy atom. The number of phenols is 1. The molecule has 1 aliphatic rings. The number of allylic oxidation sites excluding steroid dienone is 1. The van der Waals surface area contributed by atoms with E-state index in [1.165, 1.54) is 22.8 Å². The average molecular weight is 623 g/mol. The second-order valence-electron chi connectivity index (χ2n) is 7.48. The molecule has 1 aliphatic heterocycles. The molecule has 0 amide bonds. The number of nitro benzene ring substituents is 1. The first-order valence-electron chi connectivity index (χ1n) is 10.2. The number of rotatable bonds is 5. The number of nitrogens with zero attached hydrogens (tertiary/aromatic N) is 3. The van der Waals surface area contributed by atoms with Crippen molar-refractivity contribution in [1.82, 2.24) is 4.57 Å². The quantitative estimate of drug-likeness (QED) is 0.261. The molecule has 0 spiro atoms. The molecule has 3 aromatic rings. The van der Waals surface area contributed by atoms with Crippen molar-refractivity contribution in [1.29, 1.82) is 0 Å². The van der Waals surface area contributed by atoms with Gasteiger partial charge >= 0.3 is 5.97 Å². The minimum absolute atomic E-state index is 0.0952. The number of esters is 1. The molecule has 0 aliphatic carbocycles. The second-order valence-corrected chi connectivity index (χ2v) is 10.3. The minimum Gasteiger partial charge on any atom is -0.506 e. The average Bonchev–Trinajstić information content (AvgIpc) is 3.10. The topological polar surface area (TPSA) is 124 Å². The molecule has 35 heavy (non-hydrogen) atoms. The van der Waals surface area contributed by atoms with E-state index in [-0.39, 0.29) is 38.2 Å². The maximum atomic E-state index is 13.6. The van der Waals surface area contributed by atoms with Crippen LogP contribution in [0, 0.1) is 10.1 Å². The highest BCUT2D eigenvalue weighted by Crippen LogP contribution is 2.34. The number of non-ortho nitro benzene ring substituents is 1. The number of carbonyl (C=O) groups excluding carboxylic acids is 1. The van der Waals surface area contributed by atoms with Crippen LogP contribution in [0.2, 0.25) is 0 Å². The van der Waals surface area contributed by atoms with Crippen molar-refractivity contribution in [3.8, 4) is 5.75 Å². The molecule has 9 nitrogen and oxygen atoms in total. The van der Waals surface area contributed by atoms with Gasteiger partial charge in [0.15, 0.2) is 4.80 Å². The Bertz CT molecular complexity index is 1570. The van der Waals surface area contributed by atoms with Crippen LogP contribution < -0.4 is 14.9 Å². The van der Waals surface area contributed by atoms with Gasteiger partial charge in [-0.25, -0.2) is 9.79 Å². The third kappa shape index (κ3) is 4.73. The summed E-state index contributed by atoms with van der Waals surface area (Å²) < 4.78 is 7.81. The highest BCUT2D eigenvalue weighted by Gasteiger charge is 2.33. The standard InChI is InChI=1S/C23H17Br2N3O6S/c1-3-34-22(31)18-11(2)26-23-27(19(18)12-4-6-14(24)7-5-12)21(30)17(35-23)9-13-8-15(28(32)33)10-16(25)20(13)29/h4-10,19,29H,3H2,1-2H3/b17-9-/t19-/m1/s1. The lowest BCUT2D eigenvalue weighted by atomic mass is 9.96. The highest BCUT2D eigenvalue weighted by atomic mass is 79.9. The van der Waals surface area contributed by atoms with Crippen LogP contribution in [0.4, 0.5) is 5.69 Å². The summed E-state index contributed by atoms with van der Waals surface area (Å²) in [5.41, 5.74) is 0.732. The third-order valence-corrected chi connectivity index (χ3v) is 7.39. The molecule has 0 saturated heterocycles. The Balaban J connectivity index is 1.98.